The van der Waals surface area contributed by atoms with Crippen LogP contribution in [0.3, 0.4) is 0 Å². The Balaban J connectivity index is 2.21. The van der Waals surface area contributed by atoms with Crippen molar-refractivity contribution in [3.8, 4) is 0 Å². The highest BCUT2D eigenvalue weighted by atomic mass is 32.1. The van der Waals surface area contributed by atoms with E-state index < -0.39 is 5.97 Å². The lowest BCUT2D eigenvalue weighted by atomic mass is 10.2. The molecular formula is C10H13N3O2S. The monoisotopic (exact) mass is 239 g/mol. The SMILES string of the molecule is Cc1sc2nnc(CCCC(=O)O)n2c1C. The van der Waals surface area contributed by atoms with E-state index in [1.807, 2.05) is 11.3 Å². The molecule has 0 unspecified atom stereocenters. The van der Waals surface area contributed by atoms with Gasteiger partial charge >= 0.3 is 5.97 Å². The number of nitrogens with zero attached hydrogens (tertiary/aromatic N) is 3. The normalized spacial score (nSPS) is 11.1. The van der Waals surface area contributed by atoms with Crippen molar-refractivity contribution in [2.45, 2.75) is 33.1 Å². The van der Waals surface area contributed by atoms with E-state index in [9.17, 15) is 4.79 Å². The summed E-state index contributed by atoms with van der Waals surface area (Å²) in [5.41, 5.74) is 1.15. The van der Waals surface area contributed by atoms with E-state index in [4.69, 9.17) is 5.11 Å². The summed E-state index contributed by atoms with van der Waals surface area (Å²) < 4.78 is 2.02. The van der Waals surface area contributed by atoms with Gasteiger partial charge in [0.15, 0.2) is 0 Å². The molecule has 2 aromatic rings. The molecule has 5 nitrogen and oxygen atoms in total. The molecule has 0 amide bonds. The van der Waals surface area contributed by atoms with E-state index in [-0.39, 0.29) is 6.42 Å². The van der Waals surface area contributed by atoms with E-state index in [0.717, 1.165) is 16.5 Å². The molecule has 16 heavy (non-hydrogen) atoms. The maximum absolute atomic E-state index is 10.4. The molecule has 0 saturated heterocycles. The molecular weight excluding hydrogens is 226 g/mol. The fourth-order valence-electron chi connectivity index (χ4n) is 1.63. The van der Waals surface area contributed by atoms with E-state index in [1.54, 1.807) is 11.3 Å². The van der Waals surface area contributed by atoms with Crippen molar-refractivity contribution in [3.05, 3.63) is 16.4 Å². The van der Waals surface area contributed by atoms with Gasteiger partial charge in [0.1, 0.15) is 5.82 Å². The van der Waals surface area contributed by atoms with Crippen molar-refractivity contribution >= 4 is 22.3 Å². The number of carboxylic acid groups (broad SMARTS) is 1. The van der Waals surface area contributed by atoms with E-state index in [1.165, 1.54) is 4.88 Å². The van der Waals surface area contributed by atoms with Crippen LogP contribution in [-0.2, 0) is 11.2 Å². The molecule has 86 valence electrons. The number of thiazole rings is 1. The summed E-state index contributed by atoms with van der Waals surface area (Å²) >= 11 is 1.61. The van der Waals surface area contributed by atoms with Gasteiger partial charge < -0.3 is 5.11 Å². The zero-order valence-corrected chi connectivity index (χ0v) is 10.0. The zero-order chi connectivity index (χ0) is 11.7. The molecule has 0 aliphatic rings. The first-order valence-corrected chi connectivity index (χ1v) is 5.93. The number of hydrogen-bond acceptors (Lipinski definition) is 4. The topological polar surface area (TPSA) is 67.5 Å². The standard InChI is InChI=1S/C10H13N3O2S/c1-6-7(2)16-10-12-11-8(13(6)10)4-3-5-9(14)15/h3-5H2,1-2H3,(H,14,15). The minimum absolute atomic E-state index is 0.178. The molecule has 6 heteroatoms. The van der Waals surface area contributed by atoms with Crippen LogP contribution >= 0.6 is 11.3 Å². The predicted molar refractivity (Wildman–Crippen MR) is 60.9 cm³/mol. The van der Waals surface area contributed by atoms with Crippen LogP contribution < -0.4 is 0 Å². The maximum atomic E-state index is 10.4. The third-order valence-corrected chi connectivity index (χ3v) is 3.63. The van der Waals surface area contributed by atoms with E-state index >= 15 is 0 Å². The number of carbonyl (C=O) groups is 1. The van der Waals surface area contributed by atoms with Gasteiger partial charge in [0, 0.05) is 23.4 Å². The van der Waals surface area contributed by atoms with Crippen molar-refractivity contribution in [1.29, 1.82) is 0 Å². The molecule has 0 fully saturated rings. The van der Waals surface area contributed by atoms with Crippen LogP contribution in [0.4, 0.5) is 0 Å². The summed E-state index contributed by atoms with van der Waals surface area (Å²) in [7, 11) is 0. The molecule has 0 aliphatic heterocycles. The number of aromatic nitrogens is 3. The van der Waals surface area contributed by atoms with E-state index in [2.05, 4.69) is 17.1 Å². The molecule has 0 saturated carbocycles. The number of fused-ring (bicyclic) bond motifs is 1. The van der Waals surface area contributed by atoms with Crippen LogP contribution in [-0.4, -0.2) is 25.7 Å². The van der Waals surface area contributed by atoms with Crippen molar-refractivity contribution in [2.75, 3.05) is 0 Å². The summed E-state index contributed by atoms with van der Waals surface area (Å²) in [6.45, 7) is 4.08. The van der Waals surface area contributed by atoms with Crippen LogP contribution in [0, 0.1) is 13.8 Å². The second-order valence-electron chi connectivity index (χ2n) is 3.73. The van der Waals surface area contributed by atoms with Gasteiger partial charge in [-0.1, -0.05) is 11.3 Å². The third-order valence-electron chi connectivity index (χ3n) is 2.58. The number of rotatable bonds is 4. The number of aliphatic carboxylic acids is 1. The molecule has 2 rings (SSSR count). The summed E-state index contributed by atoms with van der Waals surface area (Å²) in [4.78, 5) is 12.5. The fraction of sp³-hybridized carbons (Fsp3) is 0.500. The molecule has 2 aromatic heterocycles. The summed E-state index contributed by atoms with van der Waals surface area (Å²) in [6.07, 6.45) is 1.44. The highest BCUT2D eigenvalue weighted by Crippen LogP contribution is 2.22. The lowest BCUT2D eigenvalue weighted by Gasteiger charge is -1.98. The van der Waals surface area contributed by atoms with Crippen LogP contribution in [0.15, 0.2) is 0 Å². The average molecular weight is 239 g/mol. The molecule has 0 atom stereocenters. The Morgan fingerprint density at radius 2 is 2.19 bits per heavy atom. The van der Waals surface area contributed by atoms with Crippen LogP contribution in [0.25, 0.3) is 4.96 Å². The van der Waals surface area contributed by atoms with Gasteiger partial charge in [-0.05, 0) is 20.3 Å². The Bertz CT molecular complexity index is 529. The molecule has 0 aliphatic carbocycles. The first-order valence-electron chi connectivity index (χ1n) is 5.11. The Morgan fingerprint density at radius 3 is 2.88 bits per heavy atom. The Labute approximate surface area is 96.7 Å². The highest BCUT2D eigenvalue weighted by molar-refractivity contribution is 7.17. The second kappa shape index (κ2) is 4.21. The summed E-state index contributed by atoms with van der Waals surface area (Å²) in [5.74, 6) is 0.0945. The lowest BCUT2D eigenvalue weighted by molar-refractivity contribution is -0.137. The lowest BCUT2D eigenvalue weighted by Crippen LogP contribution is -2.00. The maximum Gasteiger partial charge on any atom is 0.303 e. The van der Waals surface area contributed by atoms with Gasteiger partial charge in [0.25, 0.3) is 0 Å². The van der Waals surface area contributed by atoms with Crippen LogP contribution in [0.5, 0.6) is 0 Å². The number of aryl methyl sites for hydroxylation is 3. The average Bonchev–Trinajstić information content (AvgIpc) is 2.70. The predicted octanol–water partition coefficient (Wildman–Crippen LogP) is 1.81. The Hall–Kier alpha value is -1.43. The molecule has 0 bridgehead atoms. The van der Waals surface area contributed by atoms with Gasteiger partial charge in [-0.2, -0.15) is 0 Å². The van der Waals surface area contributed by atoms with Crippen molar-refractivity contribution in [1.82, 2.24) is 14.6 Å². The van der Waals surface area contributed by atoms with E-state index in [0.29, 0.717) is 12.8 Å². The van der Waals surface area contributed by atoms with Gasteiger partial charge in [0.05, 0.1) is 0 Å². The van der Waals surface area contributed by atoms with Gasteiger partial charge in [-0.3, -0.25) is 9.20 Å². The highest BCUT2D eigenvalue weighted by Gasteiger charge is 2.12. The largest absolute Gasteiger partial charge is 0.481 e. The third kappa shape index (κ3) is 1.92. The van der Waals surface area contributed by atoms with Crippen LogP contribution in [0.2, 0.25) is 0 Å². The molecule has 0 radical (unpaired) electrons. The van der Waals surface area contributed by atoms with Crippen molar-refractivity contribution < 1.29 is 9.90 Å². The Morgan fingerprint density at radius 1 is 1.44 bits per heavy atom. The first kappa shape index (κ1) is 11.1. The summed E-state index contributed by atoms with van der Waals surface area (Å²) in [5, 5.41) is 16.7. The minimum Gasteiger partial charge on any atom is -0.481 e. The summed E-state index contributed by atoms with van der Waals surface area (Å²) in [6, 6.07) is 0. The molecule has 0 spiro atoms. The van der Waals surface area contributed by atoms with Gasteiger partial charge in [-0.25, -0.2) is 0 Å². The van der Waals surface area contributed by atoms with Crippen molar-refractivity contribution in [3.63, 3.8) is 0 Å². The smallest absolute Gasteiger partial charge is 0.303 e. The minimum atomic E-state index is -0.765. The zero-order valence-electron chi connectivity index (χ0n) is 9.23. The Kier molecular flexibility index (Phi) is 2.91. The molecule has 0 aromatic carbocycles. The quantitative estimate of drug-likeness (QED) is 0.883. The second-order valence-corrected chi connectivity index (χ2v) is 4.91. The molecule has 2 heterocycles. The van der Waals surface area contributed by atoms with Crippen molar-refractivity contribution in [2.24, 2.45) is 0 Å². The van der Waals surface area contributed by atoms with Gasteiger partial charge in [0.2, 0.25) is 4.96 Å². The van der Waals surface area contributed by atoms with Gasteiger partial charge in [-0.15, -0.1) is 10.2 Å². The van der Waals surface area contributed by atoms with Crippen LogP contribution in [0.1, 0.15) is 29.2 Å². The number of hydrogen-bond donors (Lipinski definition) is 1. The molecule has 1 N–H and O–H groups in total. The first-order chi connectivity index (χ1) is 7.59. The number of carboxylic acids is 1. The fourth-order valence-corrected chi connectivity index (χ4v) is 2.56.